The summed E-state index contributed by atoms with van der Waals surface area (Å²) < 4.78 is 23.2. The molecule has 0 saturated carbocycles. The van der Waals surface area contributed by atoms with Gasteiger partial charge in [0.2, 0.25) is 5.91 Å². The number of sulfone groups is 1. The first kappa shape index (κ1) is 14.5. The van der Waals surface area contributed by atoms with Crippen LogP contribution in [0.15, 0.2) is 24.3 Å². The van der Waals surface area contributed by atoms with Crippen LogP contribution < -0.4 is 5.32 Å². The van der Waals surface area contributed by atoms with Crippen molar-refractivity contribution in [2.45, 2.75) is 24.9 Å². The zero-order valence-corrected chi connectivity index (χ0v) is 12.9. The first-order valence-corrected chi connectivity index (χ1v) is 9.08. The van der Waals surface area contributed by atoms with Gasteiger partial charge in [-0.1, -0.05) is 24.3 Å². The lowest BCUT2D eigenvalue weighted by atomic mass is 9.93. The third-order valence-corrected chi connectivity index (χ3v) is 6.21. The van der Waals surface area contributed by atoms with E-state index in [9.17, 15) is 13.2 Å². The van der Waals surface area contributed by atoms with Gasteiger partial charge in [0.1, 0.15) is 6.04 Å². The fourth-order valence-corrected chi connectivity index (χ4v) is 4.96. The van der Waals surface area contributed by atoms with Crippen LogP contribution in [0, 0.1) is 0 Å². The molecule has 2 aliphatic heterocycles. The van der Waals surface area contributed by atoms with E-state index in [4.69, 9.17) is 0 Å². The summed E-state index contributed by atoms with van der Waals surface area (Å²) in [6.45, 7) is 0.768. The molecule has 0 bridgehead atoms. The van der Waals surface area contributed by atoms with Gasteiger partial charge in [-0.25, -0.2) is 8.42 Å². The van der Waals surface area contributed by atoms with E-state index in [0.717, 1.165) is 18.5 Å². The monoisotopic (exact) mass is 308 g/mol. The van der Waals surface area contributed by atoms with Crippen molar-refractivity contribution in [3.8, 4) is 0 Å². The standard InChI is InChI=1S/C15H20N2O3S/c1-17(12-7-9-21(19,20)10-12)15(18)14-13-5-3-2-4-11(13)6-8-16-14/h2-5,12,14,16H,6-10H2,1H3. The predicted octanol–water partition coefficient (Wildman–Crippen LogP) is 0.519. The molecule has 1 amide bonds. The third-order valence-electron chi connectivity index (χ3n) is 4.46. The van der Waals surface area contributed by atoms with E-state index in [2.05, 4.69) is 11.4 Å². The van der Waals surface area contributed by atoms with Crippen LogP contribution in [0.1, 0.15) is 23.6 Å². The minimum Gasteiger partial charge on any atom is -0.340 e. The Morgan fingerprint density at radius 2 is 2.10 bits per heavy atom. The van der Waals surface area contributed by atoms with Crippen molar-refractivity contribution in [3.05, 3.63) is 35.4 Å². The number of benzene rings is 1. The average Bonchev–Trinajstić information content (AvgIpc) is 2.85. The summed E-state index contributed by atoms with van der Waals surface area (Å²) in [7, 11) is -1.26. The highest BCUT2D eigenvalue weighted by Gasteiger charge is 2.36. The molecular weight excluding hydrogens is 288 g/mol. The highest BCUT2D eigenvalue weighted by atomic mass is 32.2. The van der Waals surface area contributed by atoms with Gasteiger partial charge in [0.25, 0.3) is 0 Å². The molecule has 1 fully saturated rings. The Kier molecular flexibility index (Phi) is 3.75. The van der Waals surface area contributed by atoms with Crippen LogP contribution in [0.3, 0.4) is 0 Å². The lowest BCUT2D eigenvalue weighted by Crippen LogP contribution is -2.46. The van der Waals surface area contributed by atoms with E-state index in [1.807, 2.05) is 18.2 Å². The fraction of sp³-hybridized carbons (Fsp3) is 0.533. The maximum absolute atomic E-state index is 12.7. The summed E-state index contributed by atoms with van der Waals surface area (Å²) in [6, 6.07) is 7.40. The molecule has 0 spiro atoms. The van der Waals surface area contributed by atoms with Crippen LogP contribution in [-0.4, -0.2) is 50.4 Å². The number of rotatable bonds is 2. The van der Waals surface area contributed by atoms with Crippen molar-refractivity contribution in [3.63, 3.8) is 0 Å². The summed E-state index contributed by atoms with van der Waals surface area (Å²) in [4.78, 5) is 14.3. The molecule has 5 nitrogen and oxygen atoms in total. The Morgan fingerprint density at radius 3 is 2.81 bits per heavy atom. The molecule has 2 unspecified atom stereocenters. The zero-order valence-electron chi connectivity index (χ0n) is 12.1. The topological polar surface area (TPSA) is 66.5 Å². The molecule has 0 aliphatic carbocycles. The summed E-state index contributed by atoms with van der Waals surface area (Å²) in [5.74, 6) is 0.234. The molecule has 1 N–H and O–H groups in total. The number of carbonyl (C=O) groups is 1. The molecule has 2 heterocycles. The largest absolute Gasteiger partial charge is 0.340 e. The van der Waals surface area contributed by atoms with Gasteiger partial charge in [-0.15, -0.1) is 0 Å². The quantitative estimate of drug-likeness (QED) is 0.865. The summed E-state index contributed by atoms with van der Waals surface area (Å²) in [5, 5.41) is 3.26. The molecule has 1 saturated heterocycles. The van der Waals surface area contributed by atoms with Crippen LogP contribution in [-0.2, 0) is 21.1 Å². The summed E-state index contributed by atoms with van der Waals surface area (Å²) in [5.41, 5.74) is 2.21. The molecule has 2 atom stereocenters. The van der Waals surface area contributed by atoms with Crippen molar-refractivity contribution in [1.29, 1.82) is 0 Å². The molecule has 6 heteroatoms. The van der Waals surface area contributed by atoms with Crippen molar-refractivity contribution in [2.24, 2.45) is 0 Å². The Bertz CT molecular complexity index is 657. The van der Waals surface area contributed by atoms with Crippen LogP contribution in [0.5, 0.6) is 0 Å². The van der Waals surface area contributed by atoms with Crippen LogP contribution in [0.25, 0.3) is 0 Å². The number of hydrogen-bond donors (Lipinski definition) is 1. The fourth-order valence-electron chi connectivity index (χ4n) is 3.19. The molecular formula is C15H20N2O3S. The molecule has 1 aromatic carbocycles. The number of amides is 1. The lowest BCUT2D eigenvalue weighted by Gasteiger charge is -2.32. The van der Waals surface area contributed by atoms with Crippen LogP contribution >= 0.6 is 0 Å². The van der Waals surface area contributed by atoms with E-state index in [1.165, 1.54) is 5.56 Å². The normalized spacial score (nSPS) is 27.1. The first-order chi connectivity index (χ1) is 9.98. The van der Waals surface area contributed by atoms with E-state index < -0.39 is 9.84 Å². The average molecular weight is 308 g/mol. The predicted molar refractivity (Wildman–Crippen MR) is 80.7 cm³/mol. The Balaban J connectivity index is 1.80. The molecule has 21 heavy (non-hydrogen) atoms. The highest BCUT2D eigenvalue weighted by molar-refractivity contribution is 7.91. The zero-order chi connectivity index (χ0) is 15.0. The lowest BCUT2D eigenvalue weighted by molar-refractivity contribution is -0.134. The maximum atomic E-state index is 12.7. The van der Waals surface area contributed by atoms with Gasteiger partial charge in [-0.2, -0.15) is 0 Å². The van der Waals surface area contributed by atoms with Gasteiger partial charge in [0, 0.05) is 19.6 Å². The second-order valence-corrected chi connectivity index (χ2v) is 8.07. The van der Waals surface area contributed by atoms with Crippen molar-refractivity contribution < 1.29 is 13.2 Å². The smallest absolute Gasteiger partial charge is 0.244 e. The number of likely N-dealkylation sites (N-methyl/N-ethyl adjacent to an activating group) is 1. The van der Waals surface area contributed by atoms with Gasteiger partial charge < -0.3 is 10.2 Å². The Hall–Kier alpha value is -1.40. The van der Waals surface area contributed by atoms with Gasteiger partial charge in [0.15, 0.2) is 9.84 Å². The minimum atomic E-state index is -2.98. The number of fused-ring (bicyclic) bond motifs is 1. The SMILES string of the molecule is CN(C(=O)C1NCCc2ccccc21)C1CCS(=O)(=O)C1. The van der Waals surface area contributed by atoms with Gasteiger partial charge in [-0.05, 0) is 24.0 Å². The van der Waals surface area contributed by atoms with Crippen molar-refractivity contribution in [2.75, 3.05) is 25.1 Å². The number of hydrogen-bond acceptors (Lipinski definition) is 4. The van der Waals surface area contributed by atoms with E-state index in [0.29, 0.717) is 6.42 Å². The molecule has 2 aliphatic rings. The first-order valence-electron chi connectivity index (χ1n) is 7.26. The van der Waals surface area contributed by atoms with E-state index in [1.54, 1.807) is 11.9 Å². The van der Waals surface area contributed by atoms with E-state index >= 15 is 0 Å². The molecule has 3 rings (SSSR count). The van der Waals surface area contributed by atoms with Gasteiger partial charge >= 0.3 is 0 Å². The summed E-state index contributed by atoms with van der Waals surface area (Å²) >= 11 is 0. The number of carbonyl (C=O) groups excluding carboxylic acids is 1. The number of nitrogens with zero attached hydrogens (tertiary/aromatic N) is 1. The minimum absolute atomic E-state index is 0.0377. The summed E-state index contributed by atoms with van der Waals surface area (Å²) in [6.07, 6.45) is 1.46. The third kappa shape index (κ3) is 2.82. The van der Waals surface area contributed by atoms with Crippen molar-refractivity contribution >= 4 is 15.7 Å². The number of nitrogens with one attached hydrogen (secondary N) is 1. The Morgan fingerprint density at radius 1 is 1.33 bits per heavy atom. The maximum Gasteiger partial charge on any atom is 0.244 e. The van der Waals surface area contributed by atoms with Crippen LogP contribution in [0.4, 0.5) is 0 Å². The second-order valence-electron chi connectivity index (χ2n) is 5.84. The second kappa shape index (κ2) is 5.42. The van der Waals surface area contributed by atoms with Gasteiger partial charge in [-0.3, -0.25) is 4.79 Å². The molecule has 0 aromatic heterocycles. The highest BCUT2D eigenvalue weighted by Crippen LogP contribution is 2.26. The molecule has 1 aromatic rings. The van der Waals surface area contributed by atoms with E-state index in [-0.39, 0.29) is 29.5 Å². The van der Waals surface area contributed by atoms with Gasteiger partial charge in [0.05, 0.1) is 11.5 Å². The van der Waals surface area contributed by atoms with Crippen LogP contribution in [0.2, 0.25) is 0 Å². The van der Waals surface area contributed by atoms with Crippen molar-refractivity contribution in [1.82, 2.24) is 10.2 Å². The molecule has 114 valence electrons. The molecule has 0 radical (unpaired) electrons. The Labute approximate surface area is 125 Å².